The number of hydrogen-bond acceptors (Lipinski definition) is 4. The molecule has 1 saturated carbocycles. The van der Waals surface area contributed by atoms with Crippen molar-refractivity contribution in [2.45, 2.75) is 58.9 Å². The molecule has 1 N–H and O–H groups in total. The van der Waals surface area contributed by atoms with E-state index in [0.717, 1.165) is 31.2 Å². The number of carbonyl (C=O) groups excluding carboxylic acids is 1. The summed E-state index contributed by atoms with van der Waals surface area (Å²) in [5.74, 6) is 1.96. The first-order valence-corrected chi connectivity index (χ1v) is 10.2. The molecule has 1 aromatic rings. The molecule has 5 nitrogen and oxygen atoms in total. The van der Waals surface area contributed by atoms with Gasteiger partial charge in [-0.05, 0) is 54.9 Å². The zero-order chi connectivity index (χ0) is 20.5. The lowest BCUT2D eigenvalue weighted by molar-refractivity contribution is -0.118. The van der Waals surface area contributed by atoms with Gasteiger partial charge in [0.1, 0.15) is 11.6 Å². The van der Waals surface area contributed by atoms with E-state index in [2.05, 4.69) is 26.1 Å². The Morgan fingerprint density at radius 1 is 1.32 bits per heavy atom. The lowest BCUT2D eigenvalue weighted by atomic mass is 9.86. The van der Waals surface area contributed by atoms with Gasteiger partial charge in [-0.15, -0.1) is 0 Å². The van der Waals surface area contributed by atoms with Crippen LogP contribution in [0.1, 0.15) is 58.4 Å². The second kappa shape index (κ2) is 10.8. The van der Waals surface area contributed by atoms with Crippen LogP contribution >= 0.6 is 0 Å². The van der Waals surface area contributed by atoms with E-state index in [9.17, 15) is 10.1 Å². The van der Waals surface area contributed by atoms with Gasteiger partial charge in [0.2, 0.25) is 0 Å². The van der Waals surface area contributed by atoms with Crippen molar-refractivity contribution in [3.8, 4) is 17.6 Å². The van der Waals surface area contributed by atoms with Crippen LogP contribution in [-0.2, 0) is 4.79 Å². The van der Waals surface area contributed by atoms with Crippen LogP contribution in [0.5, 0.6) is 11.5 Å². The van der Waals surface area contributed by atoms with Crippen molar-refractivity contribution < 1.29 is 14.3 Å². The highest BCUT2D eigenvalue weighted by Gasteiger charge is 2.24. The average Bonchev–Trinajstić information content (AvgIpc) is 2.68. The summed E-state index contributed by atoms with van der Waals surface area (Å²) < 4.78 is 11.2. The number of nitrogens with zero attached hydrogens (tertiary/aromatic N) is 1. The molecule has 0 aliphatic heterocycles. The van der Waals surface area contributed by atoms with Gasteiger partial charge in [-0.25, -0.2) is 0 Å². The highest BCUT2D eigenvalue weighted by molar-refractivity contribution is 6.01. The van der Waals surface area contributed by atoms with Crippen LogP contribution in [0, 0.1) is 23.2 Å². The number of carbonyl (C=O) groups is 1. The maximum atomic E-state index is 12.6. The van der Waals surface area contributed by atoms with Crippen molar-refractivity contribution in [1.82, 2.24) is 5.32 Å². The highest BCUT2D eigenvalue weighted by Crippen LogP contribution is 2.29. The third-order valence-electron chi connectivity index (χ3n) is 5.24. The smallest absolute Gasteiger partial charge is 0.262 e. The molecule has 0 radical (unpaired) electrons. The number of rotatable bonds is 8. The molecule has 0 aromatic heterocycles. The van der Waals surface area contributed by atoms with Crippen LogP contribution in [0.2, 0.25) is 0 Å². The summed E-state index contributed by atoms with van der Waals surface area (Å²) in [6.07, 6.45) is 6.98. The third kappa shape index (κ3) is 6.30. The zero-order valence-corrected chi connectivity index (χ0v) is 17.5. The van der Waals surface area contributed by atoms with Crippen LogP contribution in [0.4, 0.5) is 0 Å². The van der Waals surface area contributed by atoms with Gasteiger partial charge in [0.05, 0.1) is 13.7 Å². The number of methoxy groups -OCH3 is 1. The second-order valence-corrected chi connectivity index (χ2v) is 7.95. The molecule has 0 heterocycles. The van der Waals surface area contributed by atoms with Gasteiger partial charge in [0, 0.05) is 6.04 Å². The van der Waals surface area contributed by atoms with Gasteiger partial charge in [-0.2, -0.15) is 5.26 Å². The minimum Gasteiger partial charge on any atom is -0.493 e. The normalized spacial score (nSPS) is 19.8. The first-order chi connectivity index (χ1) is 13.4. The molecule has 0 saturated heterocycles. The fourth-order valence-electron chi connectivity index (χ4n) is 3.39. The molecule has 1 aromatic carbocycles. The molecule has 0 spiro atoms. The summed E-state index contributed by atoms with van der Waals surface area (Å²) in [7, 11) is 1.58. The highest BCUT2D eigenvalue weighted by atomic mass is 16.5. The molecular formula is C23H32N2O3. The molecule has 152 valence electrons. The van der Waals surface area contributed by atoms with E-state index in [1.165, 1.54) is 6.42 Å². The van der Waals surface area contributed by atoms with Crippen LogP contribution in [-0.4, -0.2) is 25.7 Å². The average molecular weight is 385 g/mol. The summed E-state index contributed by atoms with van der Waals surface area (Å²) in [6, 6.07) is 7.62. The Bertz CT molecular complexity index is 734. The first kappa shape index (κ1) is 21.8. The lowest BCUT2D eigenvalue weighted by Crippen LogP contribution is -2.41. The van der Waals surface area contributed by atoms with Crippen molar-refractivity contribution in [2.75, 3.05) is 13.7 Å². The summed E-state index contributed by atoms with van der Waals surface area (Å²) in [5.41, 5.74) is 0.838. The molecule has 5 heteroatoms. The summed E-state index contributed by atoms with van der Waals surface area (Å²) in [4.78, 5) is 12.6. The predicted molar refractivity (Wildman–Crippen MR) is 111 cm³/mol. The minimum atomic E-state index is -0.308. The van der Waals surface area contributed by atoms with Gasteiger partial charge in [0.15, 0.2) is 11.5 Å². The van der Waals surface area contributed by atoms with Gasteiger partial charge < -0.3 is 14.8 Å². The monoisotopic (exact) mass is 384 g/mol. The Labute approximate surface area is 168 Å². The van der Waals surface area contributed by atoms with Crippen molar-refractivity contribution >= 4 is 12.0 Å². The number of amides is 1. The fourth-order valence-corrected chi connectivity index (χ4v) is 3.39. The van der Waals surface area contributed by atoms with Crippen molar-refractivity contribution in [3.05, 3.63) is 29.3 Å². The van der Waals surface area contributed by atoms with E-state index in [-0.39, 0.29) is 17.5 Å². The number of nitrogens with one attached hydrogen (secondary N) is 1. The van der Waals surface area contributed by atoms with Crippen molar-refractivity contribution in [1.29, 1.82) is 5.26 Å². The van der Waals surface area contributed by atoms with E-state index in [0.29, 0.717) is 29.9 Å². The third-order valence-corrected chi connectivity index (χ3v) is 5.24. The number of ether oxygens (including phenoxy) is 2. The molecule has 2 atom stereocenters. The Kier molecular flexibility index (Phi) is 8.38. The molecule has 1 aliphatic rings. The fraction of sp³-hybridized carbons (Fsp3) is 0.565. The van der Waals surface area contributed by atoms with E-state index in [1.807, 2.05) is 18.2 Å². The zero-order valence-electron chi connectivity index (χ0n) is 17.5. The van der Waals surface area contributed by atoms with Gasteiger partial charge in [-0.1, -0.05) is 39.7 Å². The number of benzene rings is 1. The number of nitriles is 1. The largest absolute Gasteiger partial charge is 0.493 e. The summed E-state index contributed by atoms with van der Waals surface area (Å²) in [5, 5.41) is 12.5. The molecule has 1 fully saturated rings. The van der Waals surface area contributed by atoms with Gasteiger partial charge in [-0.3, -0.25) is 4.79 Å². The quantitative estimate of drug-likeness (QED) is 0.520. The molecule has 0 bridgehead atoms. The Hall–Kier alpha value is -2.48. The lowest BCUT2D eigenvalue weighted by Gasteiger charge is -2.29. The Morgan fingerprint density at radius 3 is 2.71 bits per heavy atom. The van der Waals surface area contributed by atoms with E-state index >= 15 is 0 Å². The predicted octanol–water partition coefficient (Wildman–Crippen LogP) is 4.72. The van der Waals surface area contributed by atoms with Crippen LogP contribution < -0.4 is 14.8 Å². The molecule has 1 amide bonds. The Balaban J connectivity index is 2.10. The van der Waals surface area contributed by atoms with Crippen LogP contribution in [0.25, 0.3) is 6.08 Å². The van der Waals surface area contributed by atoms with Crippen LogP contribution in [0.15, 0.2) is 23.8 Å². The maximum Gasteiger partial charge on any atom is 0.262 e. The number of hydrogen-bond donors (Lipinski definition) is 1. The molecule has 1 aliphatic carbocycles. The van der Waals surface area contributed by atoms with Crippen molar-refractivity contribution in [2.24, 2.45) is 11.8 Å². The first-order valence-electron chi connectivity index (χ1n) is 10.2. The van der Waals surface area contributed by atoms with Crippen molar-refractivity contribution in [3.63, 3.8) is 0 Å². The minimum absolute atomic E-state index is 0.105. The molecular weight excluding hydrogens is 352 g/mol. The second-order valence-electron chi connectivity index (χ2n) is 7.95. The van der Waals surface area contributed by atoms with Gasteiger partial charge >= 0.3 is 0 Å². The summed E-state index contributed by atoms with van der Waals surface area (Å²) in [6.45, 7) is 7.07. The molecule has 2 rings (SSSR count). The SMILES string of the molecule is COc1cc(/C=C(\C#N)C(=O)NC2CCCCC2C)ccc1OCCC(C)C. The Morgan fingerprint density at radius 2 is 2.07 bits per heavy atom. The molecule has 2 unspecified atom stereocenters. The van der Waals surface area contributed by atoms with E-state index in [1.54, 1.807) is 19.3 Å². The van der Waals surface area contributed by atoms with Gasteiger partial charge in [0.25, 0.3) is 5.91 Å². The van der Waals surface area contributed by atoms with E-state index in [4.69, 9.17) is 9.47 Å². The van der Waals surface area contributed by atoms with Crippen LogP contribution in [0.3, 0.4) is 0 Å². The maximum absolute atomic E-state index is 12.6. The standard InChI is InChI=1S/C23H32N2O3/c1-16(2)11-12-28-21-10-9-18(14-22(21)27-4)13-19(15-24)23(26)25-20-8-6-5-7-17(20)3/h9-10,13-14,16-17,20H,5-8,11-12H2,1-4H3,(H,25,26)/b19-13+. The topological polar surface area (TPSA) is 71.3 Å². The van der Waals surface area contributed by atoms with E-state index < -0.39 is 0 Å². The molecule has 28 heavy (non-hydrogen) atoms. The summed E-state index contributed by atoms with van der Waals surface area (Å²) >= 11 is 0.